The van der Waals surface area contributed by atoms with E-state index in [0.717, 1.165) is 13.1 Å². The second kappa shape index (κ2) is 6.86. The number of carbonyl (C=O) groups excluding carboxylic acids is 1. The van der Waals surface area contributed by atoms with Crippen LogP contribution in [0, 0.1) is 0 Å². The Morgan fingerprint density at radius 2 is 1.81 bits per heavy atom. The molecule has 0 aliphatic heterocycles. The zero-order chi connectivity index (χ0) is 12.8. The van der Waals surface area contributed by atoms with Crippen LogP contribution in [0.5, 0.6) is 0 Å². The van der Waals surface area contributed by atoms with Crippen LogP contribution < -0.4 is 0 Å². The maximum Gasteiger partial charge on any atom is 0.223 e. The van der Waals surface area contributed by atoms with Gasteiger partial charge in [-0.05, 0) is 27.3 Å². The van der Waals surface area contributed by atoms with Crippen molar-refractivity contribution in [2.45, 2.75) is 39.7 Å². The Balaban J connectivity index is 4.01. The van der Waals surface area contributed by atoms with Crippen molar-refractivity contribution >= 4 is 5.91 Å². The van der Waals surface area contributed by atoms with Gasteiger partial charge in [-0.1, -0.05) is 6.92 Å². The molecule has 0 atom stereocenters. The number of likely N-dealkylation sites (N-methyl/N-ethyl adjacent to an activating group) is 1. The van der Waals surface area contributed by atoms with E-state index in [4.69, 9.17) is 0 Å². The third-order valence-corrected chi connectivity index (χ3v) is 2.60. The highest BCUT2D eigenvalue weighted by Gasteiger charge is 2.18. The number of nitrogens with zero attached hydrogens (tertiary/aromatic N) is 2. The van der Waals surface area contributed by atoms with E-state index in [0.29, 0.717) is 19.5 Å². The molecule has 96 valence electrons. The van der Waals surface area contributed by atoms with Crippen molar-refractivity contribution in [3.05, 3.63) is 0 Å². The molecular weight excluding hydrogens is 204 g/mol. The minimum atomic E-state index is -0.699. The summed E-state index contributed by atoms with van der Waals surface area (Å²) >= 11 is 0. The number of rotatable bonds is 7. The summed E-state index contributed by atoms with van der Waals surface area (Å²) in [6.07, 6.45) is 0.522. The van der Waals surface area contributed by atoms with Crippen molar-refractivity contribution in [2.75, 3.05) is 33.2 Å². The molecular formula is C12H26N2O2. The Hall–Kier alpha value is -0.610. The van der Waals surface area contributed by atoms with Crippen LogP contribution in [-0.4, -0.2) is 59.6 Å². The van der Waals surface area contributed by atoms with Crippen LogP contribution in [0.4, 0.5) is 0 Å². The predicted molar refractivity (Wildman–Crippen MR) is 66.3 cm³/mol. The molecule has 0 spiro atoms. The van der Waals surface area contributed by atoms with Crippen LogP contribution in [0.15, 0.2) is 0 Å². The standard InChI is InChI=1S/C12H26N2O2/c1-6-13(5)11(15)8-9-14(7-2)10-12(3,4)16/h16H,6-10H2,1-5H3. The summed E-state index contributed by atoms with van der Waals surface area (Å²) in [5.74, 6) is 0.164. The summed E-state index contributed by atoms with van der Waals surface area (Å²) < 4.78 is 0. The highest BCUT2D eigenvalue weighted by Crippen LogP contribution is 2.05. The van der Waals surface area contributed by atoms with Crippen molar-refractivity contribution in [3.8, 4) is 0 Å². The molecule has 0 aromatic rings. The van der Waals surface area contributed by atoms with E-state index >= 15 is 0 Å². The van der Waals surface area contributed by atoms with Gasteiger partial charge < -0.3 is 14.9 Å². The van der Waals surface area contributed by atoms with E-state index < -0.39 is 5.60 Å². The molecule has 0 rings (SSSR count). The molecule has 1 N–H and O–H groups in total. The van der Waals surface area contributed by atoms with Crippen molar-refractivity contribution in [2.24, 2.45) is 0 Å². The molecule has 0 aromatic carbocycles. The molecule has 0 aliphatic carbocycles. The fraction of sp³-hybridized carbons (Fsp3) is 0.917. The molecule has 0 fully saturated rings. The van der Waals surface area contributed by atoms with Gasteiger partial charge in [-0.2, -0.15) is 0 Å². The minimum absolute atomic E-state index is 0.164. The van der Waals surface area contributed by atoms with Gasteiger partial charge in [0.05, 0.1) is 5.60 Å². The maximum absolute atomic E-state index is 11.6. The quantitative estimate of drug-likeness (QED) is 0.708. The average molecular weight is 230 g/mol. The summed E-state index contributed by atoms with van der Waals surface area (Å²) in [7, 11) is 1.81. The number of amides is 1. The molecule has 0 aromatic heterocycles. The molecule has 0 unspecified atom stereocenters. The summed E-state index contributed by atoms with van der Waals surface area (Å²) in [6.45, 7) is 10.5. The lowest BCUT2D eigenvalue weighted by Crippen LogP contribution is -2.40. The van der Waals surface area contributed by atoms with Gasteiger partial charge in [-0.3, -0.25) is 4.79 Å². The minimum Gasteiger partial charge on any atom is -0.389 e. The van der Waals surface area contributed by atoms with Crippen molar-refractivity contribution in [1.29, 1.82) is 0 Å². The molecule has 0 radical (unpaired) electrons. The lowest BCUT2D eigenvalue weighted by Gasteiger charge is -2.28. The largest absolute Gasteiger partial charge is 0.389 e. The van der Waals surface area contributed by atoms with E-state index in [1.165, 1.54) is 0 Å². The first-order valence-electron chi connectivity index (χ1n) is 5.98. The average Bonchev–Trinajstić information content (AvgIpc) is 2.20. The van der Waals surface area contributed by atoms with Gasteiger partial charge in [0.1, 0.15) is 0 Å². The molecule has 0 aliphatic rings. The van der Waals surface area contributed by atoms with Gasteiger partial charge in [0.25, 0.3) is 0 Å². The van der Waals surface area contributed by atoms with Gasteiger partial charge >= 0.3 is 0 Å². The monoisotopic (exact) mass is 230 g/mol. The van der Waals surface area contributed by atoms with E-state index in [1.54, 1.807) is 18.7 Å². The van der Waals surface area contributed by atoms with Crippen LogP contribution in [-0.2, 0) is 4.79 Å². The normalized spacial score (nSPS) is 11.9. The Kier molecular flexibility index (Phi) is 6.60. The lowest BCUT2D eigenvalue weighted by molar-refractivity contribution is -0.130. The van der Waals surface area contributed by atoms with Crippen molar-refractivity contribution in [1.82, 2.24) is 9.80 Å². The fourth-order valence-electron chi connectivity index (χ4n) is 1.52. The van der Waals surface area contributed by atoms with Crippen LogP contribution >= 0.6 is 0 Å². The van der Waals surface area contributed by atoms with E-state index in [9.17, 15) is 9.90 Å². The SMILES string of the molecule is CCN(CCC(=O)N(C)CC)CC(C)(C)O. The Morgan fingerprint density at radius 3 is 2.19 bits per heavy atom. The van der Waals surface area contributed by atoms with Crippen molar-refractivity contribution in [3.63, 3.8) is 0 Å². The highest BCUT2D eigenvalue weighted by molar-refractivity contribution is 5.75. The second-order valence-electron chi connectivity index (χ2n) is 4.84. The molecule has 4 heteroatoms. The Labute approximate surface area is 99.2 Å². The zero-order valence-corrected chi connectivity index (χ0v) is 11.3. The first-order valence-corrected chi connectivity index (χ1v) is 5.98. The van der Waals surface area contributed by atoms with Crippen LogP contribution in [0.2, 0.25) is 0 Å². The van der Waals surface area contributed by atoms with E-state index in [1.807, 2.05) is 20.9 Å². The van der Waals surface area contributed by atoms with E-state index in [-0.39, 0.29) is 5.91 Å². The van der Waals surface area contributed by atoms with E-state index in [2.05, 4.69) is 4.90 Å². The molecule has 1 amide bonds. The van der Waals surface area contributed by atoms with Crippen molar-refractivity contribution < 1.29 is 9.90 Å². The van der Waals surface area contributed by atoms with Crippen LogP contribution in [0.3, 0.4) is 0 Å². The molecule has 0 saturated heterocycles. The third-order valence-electron chi connectivity index (χ3n) is 2.60. The topological polar surface area (TPSA) is 43.8 Å². The zero-order valence-electron chi connectivity index (χ0n) is 11.3. The summed E-state index contributed by atoms with van der Waals surface area (Å²) in [6, 6.07) is 0. The summed E-state index contributed by atoms with van der Waals surface area (Å²) in [5.41, 5.74) is -0.699. The first-order chi connectivity index (χ1) is 7.30. The lowest BCUT2D eigenvalue weighted by atomic mass is 10.1. The molecule has 16 heavy (non-hydrogen) atoms. The summed E-state index contributed by atoms with van der Waals surface area (Å²) in [4.78, 5) is 15.4. The Morgan fingerprint density at radius 1 is 1.25 bits per heavy atom. The molecule has 0 heterocycles. The van der Waals surface area contributed by atoms with Gasteiger partial charge in [0.15, 0.2) is 0 Å². The third kappa shape index (κ3) is 6.80. The molecule has 0 saturated carbocycles. The van der Waals surface area contributed by atoms with Gasteiger partial charge in [0.2, 0.25) is 5.91 Å². The number of hydrogen-bond donors (Lipinski definition) is 1. The number of hydrogen-bond acceptors (Lipinski definition) is 3. The van der Waals surface area contributed by atoms with Gasteiger partial charge in [0, 0.05) is 33.1 Å². The molecule has 4 nitrogen and oxygen atoms in total. The Bertz CT molecular complexity index is 212. The summed E-state index contributed by atoms with van der Waals surface area (Å²) in [5, 5.41) is 9.70. The number of aliphatic hydroxyl groups is 1. The second-order valence-corrected chi connectivity index (χ2v) is 4.84. The predicted octanol–water partition coefficient (Wildman–Crippen LogP) is 0.948. The smallest absolute Gasteiger partial charge is 0.223 e. The van der Waals surface area contributed by atoms with Gasteiger partial charge in [-0.25, -0.2) is 0 Å². The van der Waals surface area contributed by atoms with Crippen LogP contribution in [0.1, 0.15) is 34.1 Å². The van der Waals surface area contributed by atoms with Gasteiger partial charge in [-0.15, -0.1) is 0 Å². The molecule has 0 bridgehead atoms. The highest BCUT2D eigenvalue weighted by atomic mass is 16.3. The first kappa shape index (κ1) is 15.4. The fourth-order valence-corrected chi connectivity index (χ4v) is 1.52. The maximum atomic E-state index is 11.6. The van der Waals surface area contributed by atoms with Crippen LogP contribution in [0.25, 0.3) is 0 Å². The number of carbonyl (C=O) groups is 1.